The number of halogens is 1. The van der Waals surface area contributed by atoms with E-state index >= 15 is 0 Å². The summed E-state index contributed by atoms with van der Waals surface area (Å²) in [7, 11) is -1.72. The van der Waals surface area contributed by atoms with Gasteiger partial charge in [-0.1, -0.05) is 43.7 Å². The Hall–Kier alpha value is -3.64. The van der Waals surface area contributed by atoms with Gasteiger partial charge in [0, 0.05) is 54.6 Å². The van der Waals surface area contributed by atoms with Gasteiger partial charge >= 0.3 is 0 Å². The van der Waals surface area contributed by atoms with Gasteiger partial charge in [0.05, 0.1) is 42.9 Å². The van der Waals surface area contributed by atoms with E-state index in [4.69, 9.17) is 25.8 Å². The minimum absolute atomic E-state index is 0.0257. The molecule has 12 heteroatoms. The van der Waals surface area contributed by atoms with Crippen molar-refractivity contribution in [2.24, 2.45) is 22.1 Å². The van der Waals surface area contributed by atoms with Crippen LogP contribution < -0.4 is 14.4 Å². The first-order valence-corrected chi connectivity index (χ1v) is 21.0. The predicted octanol–water partition coefficient (Wildman–Crippen LogP) is 7.30. The van der Waals surface area contributed by atoms with E-state index < -0.39 is 21.7 Å². The van der Waals surface area contributed by atoms with E-state index in [2.05, 4.69) is 52.1 Å². The average molecular weight is 761 g/mol. The number of amides is 2. The number of methoxy groups -OCH3 is 1. The van der Waals surface area contributed by atoms with Crippen LogP contribution in [0.25, 0.3) is 0 Å². The molecule has 1 saturated carbocycles. The van der Waals surface area contributed by atoms with Crippen LogP contribution in [-0.4, -0.2) is 65.9 Å². The molecular formula is C41H49ClN4O6S. The summed E-state index contributed by atoms with van der Waals surface area (Å²) < 4.78 is 41.7. The second-order valence-electron chi connectivity index (χ2n) is 15.7. The fourth-order valence-corrected chi connectivity index (χ4v) is 11.0. The first kappa shape index (κ1) is 36.3. The normalized spacial score (nSPS) is 31.8. The third kappa shape index (κ3) is 7.06. The fourth-order valence-electron chi connectivity index (χ4n) is 9.20. The topological polar surface area (TPSA) is 111 Å². The van der Waals surface area contributed by atoms with E-state index in [1.165, 1.54) is 11.1 Å². The summed E-state index contributed by atoms with van der Waals surface area (Å²) in [5.74, 6) is 1.05. The molecule has 1 unspecified atom stereocenters. The standard InChI is InChI=1S/C41H49ClN4O6S/c1-26-20-41(35-12-10-31(42)19-34(35)27(26)2)24-46-21-29-8-11-33(29)37(50-3)7-5-4-6-16-53(49,43-39(47)28-9-13-38(52-25-41)36(46)18-28)44-40(48)30-17-32-23-51-15-14-45(32)22-30/h5,7,9-10,12-13,17-19,22,26-27,29,33,37H,4,6,8,11,14-16,20-21,23-25H2,1-3H3,(H,43,44,47,48,49)/b7-5+/t26-,27-,29-,33+,37-,41-,53?/m0/s1. The van der Waals surface area contributed by atoms with Gasteiger partial charge in [-0.2, -0.15) is 0 Å². The number of rotatable bonds is 3. The number of nitrogens with zero attached hydrogens (tertiary/aromatic N) is 3. The Bertz CT molecular complexity index is 2050. The van der Waals surface area contributed by atoms with Gasteiger partial charge in [-0.3, -0.25) is 14.3 Å². The lowest BCUT2D eigenvalue weighted by Gasteiger charge is -2.48. The van der Waals surface area contributed by atoms with Crippen molar-refractivity contribution in [1.29, 1.82) is 0 Å². The van der Waals surface area contributed by atoms with Crippen LogP contribution in [0.2, 0.25) is 5.02 Å². The second-order valence-corrected chi connectivity index (χ2v) is 18.3. The molecule has 53 heavy (non-hydrogen) atoms. The molecule has 3 aromatic rings. The molecule has 4 heterocycles. The van der Waals surface area contributed by atoms with Gasteiger partial charge in [-0.25, -0.2) is 4.21 Å². The van der Waals surface area contributed by atoms with Crippen molar-refractivity contribution >= 4 is 39.0 Å². The van der Waals surface area contributed by atoms with Gasteiger partial charge in [0.2, 0.25) is 0 Å². The molecule has 5 aliphatic rings. The van der Waals surface area contributed by atoms with Gasteiger partial charge < -0.3 is 23.7 Å². The van der Waals surface area contributed by atoms with E-state index in [1.807, 2.05) is 22.8 Å². The quantitative estimate of drug-likeness (QED) is 0.279. The van der Waals surface area contributed by atoms with Gasteiger partial charge in [0.1, 0.15) is 15.7 Å². The molecule has 282 valence electrons. The predicted molar refractivity (Wildman–Crippen MR) is 206 cm³/mol. The molecule has 10 nitrogen and oxygen atoms in total. The summed E-state index contributed by atoms with van der Waals surface area (Å²) in [4.78, 5) is 30.0. The molecule has 3 aliphatic heterocycles. The molecule has 2 aliphatic carbocycles. The Morgan fingerprint density at radius 1 is 1.15 bits per heavy atom. The summed E-state index contributed by atoms with van der Waals surface area (Å²) in [6.07, 6.45) is 10.1. The second kappa shape index (κ2) is 14.5. The molecule has 0 radical (unpaired) electrons. The highest BCUT2D eigenvalue weighted by Gasteiger charge is 2.47. The van der Waals surface area contributed by atoms with Crippen molar-refractivity contribution in [2.45, 2.75) is 76.5 Å². The highest BCUT2D eigenvalue weighted by atomic mass is 35.5. The van der Waals surface area contributed by atoms with Crippen molar-refractivity contribution in [3.63, 3.8) is 0 Å². The first-order valence-electron chi connectivity index (χ1n) is 18.9. The maximum atomic E-state index is 14.5. The Morgan fingerprint density at radius 2 is 2.02 bits per heavy atom. The SMILES string of the molecule is CO[C@H]1/C=C/CCCS(=O)(NC(=O)c2cc3n(c2)CCOC3)=NC(=O)c2ccc3c(c2)N(C[C@@H]2CC[C@H]21)C[C@]1(CO3)C[C@H](C)[C@H](C)c2cc(Cl)ccc21. The van der Waals surface area contributed by atoms with E-state index in [0.717, 1.165) is 42.2 Å². The first-order chi connectivity index (χ1) is 25.5. The lowest BCUT2D eigenvalue weighted by molar-refractivity contribution is 0.0131. The van der Waals surface area contributed by atoms with Gasteiger partial charge in [-0.05, 0) is 103 Å². The third-order valence-electron chi connectivity index (χ3n) is 12.4. The number of carbonyl (C=O) groups is 2. The summed E-state index contributed by atoms with van der Waals surface area (Å²) >= 11 is 6.57. The van der Waals surface area contributed by atoms with Crippen molar-refractivity contribution in [3.05, 3.63) is 93.8 Å². The average Bonchev–Trinajstić information content (AvgIpc) is 3.51. The van der Waals surface area contributed by atoms with E-state index in [0.29, 0.717) is 86.3 Å². The number of benzene rings is 2. The number of ether oxygens (including phenoxy) is 3. The van der Waals surface area contributed by atoms with E-state index in [1.54, 1.807) is 25.4 Å². The highest BCUT2D eigenvalue weighted by molar-refractivity contribution is 7.92. The number of hydrogen-bond donors (Lipinski definition) is 1. The molecule has 1 N–H and O–H groups in total. The number of nitrogens with one attached hydrogen (secondary N) is 1. The molecule has 1 aromatic heterocycles. The van der Waals surface area contributed by atoms with Crippen molar-refractivity contribution in [2.75, 3.05) is 44.1 Å². The van der Waals surface area contributed by atoms with E-state index in [-0.39, 0.29) is 17.3 Å². The molecule has 1 fully saturated rings. The molecular weight excluding hydrogens is 712 g/mol. The lowest BCUT2D eigenvalue weighted by Crippen LogP contribution is -2.51. The van der Waals surface area contributed by atoms with Crippen LogP contribution in [0.5, 0.6) is 5.75 Å². The van der Waals surface area contributed by atoms with Crippen molar-refractivity contribution in [1.82, 2.24) is 9.29 Å². The summed E-state index contributed by atoms with van der Waals surface area (Å²) in [6.45, 7) is 8.17. The zero-order chi connectivity index (χ0) is 36.9. The highest BCUT2D eigenvalue weighted by Crippen LogP contribution is 2.51. The maximum absolute atomic E-state index is 14.5. The van der Waals surface area contributed by atoms with Crippen molar-refractivity contribution in [3.8, 4) is 5.75 Å². The zero-order valence-corrected chi connectivity index (χ0v) is 32.3. The zero-order valence-electron chi connectivity index (χ0n) is 30.7. The molecule has 8 rings (SSSR count). The Kier molecular flexibility index (Phi) is 9.97. The van der Waals surface area contributed by atoms with Gasteiger partial charge in [0.15, 0.2) is 0 Å². The third-order valence-corrected chi connectivity index (χ3v) is 14.4. The largest absolute Gasteiger partial charge is 0.490 e. The number of hydrogen-bond acceptors (Lipinski definition) is 7. The number of allylic oxidation sites excluding steroid dienone is 1. The summed E-state index contributed by atoms with van der Waals surface area (Å²) in [5.41, 5.74) is 4.60. The van der Waals surface area contributed by atoms with Crippen molar-refractivity contribution < 1.29 is 28.0 Å². The number of anilines is 1. The van der Waals surface area contributed by atoms with Crippen LogP contribution in [0.15, 0.2) is 65.2 Å². The Morgan fingerprint density at radius 3 is 2.81 bits per heavy atom. The fraction of sp³-hybridized carbons (Fsp3) is 0.512. The van der Waals surface area contributed by atoms with Crippen LogP contribution in [0, 0.1) is 17.8 Å². The minimum Gasteiger partial charge on any atom is -0.490 e. The number of carbonyl (C=O) groups excluding carboxylic acids is 2. The van der Waals surface area contributed by atoms with Gasteiger partial charge in [-0.15, -0.1) is 4.36 Å². The molecule has 0 saturated heterocycles. The van der Waals surface area contributed by atoms with Gasteiger partial charge in [0.25, 0.3) is 11.8 Å². The monoisotopic (exact) mass is 760 g/mol. The Labute approximate surface area is 317 Å². The van der Waals surface area contributed by atoms with Crippen LogP contribution in [-0.2, 0) is 38.0 Å². The van der Waals surface area contributed by atoms with E-state index in [9.17, 15) is 13.8 Å². The van der Waals surface area contributed by atoms with Crippen LogP contribution in [0.3, 0.4) is 0 Å². The lowest BCUT2D eigenvalue weighted by atomic mass is 9.62. The van der Waals surface area contributed by atoms with Crippen LogP contribution >= 0.6 is 11.6 Å². The number of fused-ring (bicyclic) bond motifs is 5. The molecule has 2 aromatic carbocycles. The van der Waals surface area contributed by atoms with Crippen LogP contribution in [0.4, 0.5) is 5.69 Å². The summed E-state index contributed by atoms with van der Waals surface area (Å²) in [5, 5.41) is 0.737. The maximum Gasteiger partial charge on any atom is 0.286 e. The minimum atomic E-state index is -3.49. The smallest absolute Gasteiger partial charge is 0.286 e. The molecule has 2 amide bonds. The molecule has 2 bridgehead atoms. The van der Waals surface area contributed by atoms with Crippen LogP contribution in [0.1, 0.15) is 89.4 Å². The number of aromatic nitrogens is 1. The Balaban J connectivity index is 1.18. The summed E-state index contributed by atoms with van der Waals surface area (Å²) in [6, 6.07) is 13.4. The molecule has 1 spiro atoms. The molecule has 7 atom stereocenters.